The van der Waals surface area contributed by atoms with Crippen LogP contribution in [0, 0.1) is 5.41 Å². The molecule has 1 heterocycles. The van der Waals surface area contributed by atoms with Gasteiger partial charge in [0.1, 0.15) is 0 Å². The molecule has 1 saturated heterocycles. The fraction of sp³-hybridized carbons (Fsp3) is 1.00. The number of rotatable bonds is 6. The molecule has 1 aliphatic heterocycles. The summed E-state index contributed by atoms with van der Waals surface area (Å²) < 4.78 is 0. The van der Waals surface area contributed by atoms with E-state index in [9.17, 15) is 0 Å². The van der Waals surface area contributed by atoms with E-state index < -0.39 is 0 Å². The van der Waals surface area contributed by atoms with Gasteiger partial charge in [-0.25, -0.2) is 0 Å². The standard InChI is InChI=1S/C14H31N3/c1-14(2,3)6-11-16(4)9-5-10-17-12-7-15-8-13-17/h15H,5-13H2,1-4H3. The number of nitrogens with one attached hydrogen (secondary N) is 1. The van der Waals surface area contributed by atoms with Gasteiger partial charge in [-0.3, -0.25) is 0 Å². The molecule has 1 N–H and O–H groups in total. The minimum Gasteiger partial charge on any atom is -0.314 e. The van der Waals surface area contributed by atoms with Gasteiger partial charge in [-0.15, -0.1) is 0 Å². The molecule has 17 heavy (non-hydrogen) atoms. The molecular formula is C14H31N3. The Kier molecular flexibility index (Phi) is 6.45. The first kappa shape index (κ1) is 14.9. The minimum absolute atomic E-state index is 0.465. The Labute approximate surface area is 108 Å². The van der Waals surface area contributed by atoms with Crippen LogP contribution in [-0.2, 0) is 0 Å². The Morgan fingerprint density at radius 2 is 1.76 bits per heavy atom. The lowest BCUT2D eigenvalue weighted by atomic mass is 9.92. The van der Waals surface area contributed by atoms with Gasteiger partial charge in [0.05, 0.1) is 0 Å². The first-order chi connectivity index (χ1) is 7.97. The summed E-state index contributed by atoms with van der Waals surface area (Å²) in [4.78, 5) is 5.06. The summed E-state index contributed by atoms with van der Waals surface area (Å²) in [5.74, 6) is 0. The van der Waals surface area contributed by atoms with Crippen LogP contribution in [0.25, 0.3) is 0 Å². The molecule has 0 amide bonds. The summed E-state index contributed by atoms with van der Waals surface area (Å²) in [7, 11) is 2.25. The lowest BCUT2D eigenvalue weighted by Gasteiger charge is -2.28. The SMILES string of the molecule is CN(CCCN1CCNCC1)CCC(C)(C)C. The Bertz CT molecular complexity index is 192. The van der Waals surface area contributed by atoms with Crippen molar-refractivity contribution in [3.05, 3.63) is 0 Å². The molecule has 0 bridgehead atoms. The molecule has 0 aromatic carbocycles. The van der Waals surface area contributed by atoms with Gasteiger partial charge in [0.15, 0.2) is 0 Å². The molecular weight excluding hydrogens is 210 g/mol. The lowest BCUT2D eigenvalue weighted by molar-refractivity contribution is 0.213. The van der Waals surface area contributed by atoms with Crippen LogP contribution in [0.5, 0.6) is 0 Å². The monoisotopic (exact) mass is 241 g/mol. The molecule has 3 heteroatoms. The molecule has 1 rings (SSSR count). The average Bonchev–Trinajstić information content (AvgIpc) is 2.27. The molecule has 0 radical (unpaired) electrons. The number of piperazine rings is 1. The number of hydrogen-bond donors (Lipinski definition) is 1. The molecule has 0 aromatic heterocycles. The summed E-state index contributed by atoms with van der Waals surface area (Å²) >= 11 is 0. The van der Waals surface area contributed by atoms with Crippen molar-refractivity contribution in [1.82, 2.24) is 15.1 Å². The fourth-order valence-electron chi connectivity index (χ4n) is 2.14. The molecule has 0 saturated carbocycles. The second-order valence-corrected chi connectivity index (χ2v) is 6.56. The normalized spacial score (nSPS) is 18.9. The van der Waals surface area contributed by atoms with E-state index in [1.807, 2.05) is 0 Å². The zero-order chi connectivity index (χ0) is 12.7. The summed E-state index contributed by atoms with van der Waals surface area (Å²) in [6.45, 7) is 15.5. The van der Waals surface area contributed by atoms with Crippen molar-refractivity contribution < 1.29 is 0 Å². The topological polar surface area (TPSA) is 18.5 Å². The van der Waals surface area contributed by atoms with Crippen molar-refractivity contribution in [3.8, 4) is 0 Å². The highest BCUT2D eigenvalue weighted by Gasteiger charge is 2.12. The van der Waals surface area contributed by atoms with E-state index in [0.717, 1.165) is 0 Å². The first-order valence-electron chi connectivity index (χ1n) is 7.09. The van der Waals surface area contributed by atoms with Crippen molar-refractivity contribution in [2.24, 2.45) is 5.41 Å². The van der Waals surface area contributed by atoms with Crippen LogP contribution >= 0.6 is 0 Å². The van der Waals surface area contributed by atoms with Gasteiger partial charge in [-0.1, -0.05) is 20.8 Å². The van der Waals surface area contributed by atoms with Crippen LogP contribution in [0.2, 0.25) is 0 Å². The third-order valence-electron chi connectivity index (χ3n) is 3.47. The Morgan fingerprint density at radius 1 is 1.12 bits per heavy atom. The van der Waals surface area contributed by atoms with Crippen molar-refractivity contribution >= 4 is 0 Å². The maximum absolute atomic E-state index is 3.40. The molecule has 3 nitrogen and oxygen atoms in total. The molecule has 0 spiro atoms. The van der Waals surface area contributed by atoms with Crippen molar-refractivity contribution in [2.75, 3.05) is 52.9 Å². The highest BCUT2D eigenvalue weighted by atomic mass is 15.2. The molecule has 1 aliphatic rings. The van der Waals surface area contributed by atoms with E-state index in [-0.39, 0.29) is 0 Å². The third-order valence-corrected chi connectivity index (χ3v) is 3.47. The van der Waals surface area contributed by atoms with Crippen LogP contribution < -0.4 is 5.32 Å². The first-order valence-corrected chi connectivity index (χ1v) is 7.09. The van der Waals surface area contributed by atoms with Crippen LogP contribution in [0.3, 0.4) is 0 Å². The molecule has 0 unspecified atom stereocenters. The van der Waals surface area contributed by atoms with E-state index in [1.165, 1.54) is 58.7 Å². The van der Waals surface area contributed by atoms with Crippen LogP contribution in [0.4, 0.5) is 0 Å². The Morgan fingerprint density at radius 3 is 2.35 bits per heavy atom. The highest BCUT2D eigenvalue weighted by molar-refractivity contribution is 4.68. The van der Waals surface area contributed by atoms with Crippen molar-refractivity contribution in [2.45, 2.75) is 33.6 Å². The largest absolute Gasteiger partial charge is 0.314 e. The van der Waals surface area contributed by atoms with Crippen molar-refractivity contribution in [3.63, 3.8) is 0 Å². The summed E-state index contributed by atoms with van der Waals surface area (Å²) in [6, 6.07) is 0. The van der Waals surface area contributed by atoms with E-state index in [2.05, 4.69) is 42.9 Å². The van der Waals surface area contributed by atoms with Crippen molar-refractivity contribution in [1.29, 1.82) is 0 Å². The van der Waals surface area contributed by atoms with Gasteiger partial charge in [-0.2, -0.15) is 0 Å². The molecule has 1 fully saturated rings. The predicted molar refractivity (Wildman–Crippen MR) is 75.5 cm³/mol. The zero-order valence-electron chi connectivity index (χ0n) is 12.3. The number of hydrogen-bond acceptors (Lipinski definition) is 3. The maximum Gasteiger partial charge on any atom is 0.0107 e. The highest BCUT2D eigenvalue weighted by Crippen LogP contribution is 2.18. The van der Waals surface area contributed by atoms with E-state index >= 15 is 0 Å². The lowest BCUT2D eigenvalue weighted by Crippen LogP contribution is -2.44. The summed E-state index contributed by atoms with van der Waals surface area (Å²) in [5, 5.41) is 3.40. The van der Waals surface area contributed by atoms with Gasteiger partial charge < -0.3 is 15.1 Å². The quantitative estimate of drug-likeness (QED) is 0.763. The molecule has 0 aromatic rings. The minimum atomic E-state index is 0.465. The average molecular weight is 241 g/mol. The Hall–Kier alpha value is -0.120. The molecule has 102 valence electrons. The van der Waals surface area contributed by atoms with E-state index in [4.69, 9.17) is 0 Å². The smallest absolute Gasteiger partial charge is 0.0107 e. The molecule has 0 atom stereocenters. The molecule has 0 aliphatic carbocycles. The Balaban J connectivity index is 2.01. The number of nitrogens with zero attached hydrogens (tertiary/aromatic N) is 2. The van der Waals surface area contributed by atoms with Crippen LogP contribution in [-0.4, -0.2) is 62.7 Å². The van der Waals surface area contributed by atoms with Gasteiger partial charge in [0, 0.05) is 26.2 Å². The van der Waals surface area contributed by atoms with Gasteiger partial charge in [0.25, 0.3) is 0 Å². The summed E-state index contributed by atoms with van der Waals surface area (Å²) in [5.41, 5.74) is 0.465. The van der Waals surface area contributed by atoms with E-state index in [1.54, 1.807) is 0 Å². The maximum atomic E-state index is 3.40. The van der Waals surface area contributed by atoms with Crippen LogP contribution in [0.15, 0.2) is 0 Å². The second-order valence-electron chi connectivity index (χ2n) is 6.56. The van der Waals surface area contributed by atoms with Crippen LogP contribution in [0.1, 0.15) is 33.6 Å². The predicted octanol–water partition coefficient (Wildman–Crippen LogP) is 1.65. The van der Waals surface area contributed by atoms with E-state index in [0.29, 0.717) is 5.41 Å². The second kappa shape index (κ2) is 7.34. The summed E-state index contributed by atoms with van der Waals surface area (Å²) in [6.07, 6.45) is 2.60. The van der Waals surface area contributed by atoms with Gasteiger partial charge in [0.2, 0.25) is 0 Å². The van der Waals surface area contributed by atoms with Gasteiger partial charge in [-0.05, 0) is 44.9 Å². The third kappa shape index (κ3) is 7.74. The zero-order valence-corrected chi connectivity index (χ0v) is 12.3. The fourth-order valence-corrected chi connectivity index (χ4v) is 2.14. The van der Waals surface area contributed by atoms with Gasteiger partial charge >= 0.3 is 0 Å².